The Morgan fingerprint density at radius 2 is 2.11 bits per heavy atom. The summed E-state index contributed by atoms with van der Waals surface area (Å²) in [5.74, 6) is 0.120. The molecule has 5 heteroatoms. The van der Waals surface area contributed by atoms with Crippen molar-refractivity contribution in [3.63, 3.8) is 0 Å². The highest BCUT2D eigenvalue weighted by molar-refractivity contribution is 6.32. The van der Waals surface area contributed by atoms with Gasteiger partial charge >= 0.3 is 5.97 Å². The van der Waals surface area contributed by atoms with Gasteiger partial charge in [-0.2, -0.15) is 0 Å². The number of carbonyl (C=O) groups excluding carboxylic acids is 1. The molecule has 0 unspecified atom stereocenters. The van der Waals surface area contributed by atoms with Crippen LogP contribution < -0.4 is 4.74 Å². The van der Waals surface area contributed by atoms with Crippen molar-refractivity contribution in [2.75, 3.05) is 14.2 Å². The molecule has 1 atom stereocenters. The maximum atomic E-state index is 11.0. The number of carbonyl (C=O) groups is 1. The van der Waals surface area contributed by atoms with Crippen LogP contribution >= 0.6 is 11.6 Å². The lowest BCUT2D eigenvalue weighted by Gasteiger charge is -2.09. The first-order valence-corrected chi connectivity index (χ1v) is 5.71. The van der Waals surface area contributed by atoms with Crippen molar-refractivity contribution in [3.8, 4) is 5.75 Å². The van der Waals surface area contributed by atoms with Gasteiger partial charge in [0.2, 0.25) is 0 Å². The molecular formula is C13H15ClO4. The number of aliphatic hydroxyl groups is 1. The molecule has 0 amide bonds. The lowest BCUT2D eigenvalue weighted by Crippen LogP contribution is -2.14. The number of hydrogen-bond acceptors (Lipinski definition) is 4. The van der Waals surface area contributed by atoms with Crippen LogP contribution in [0, 0.1) is 0 Å². The monoisotopic (exact) mass is 270 g/mol. The van der Waals surface area contributed by atoms with Crippen LogP contribution in [0.15, 0.2) is 29.3 Å². The predicted octanol–water partition coefficient (Wildman–Crippen LogP) is 2.20. The molecule has 0 saturated carbocycles. The number of methoxy groups -OCH3 is 2. The van der Waals surface area contributed by atoms with Gasteiger partial charge in [-0.05, 0) is 12.1 Å². The number of benzene rings is 1. The van der Waals surface area contributed by atoms with Crippen LogP contribution in [-0.4, -0.2) is 31.4 Å². The number of para-hydroxylation sites is 1. The van der Waals surface area contributed by atoms with E-state index in [1.54, 1.807) is 25.3 Å². The fraction of sp³-hybridized carbons (Fsp3) is 0.308. The molecule has 98 valence electrons. The first-order valence-electron chi connectivity index (χ1n) is 5.33. The van der Waals surface area contributed by atoms with E-state index in [2.05, 4.69) is 4.74 Å². The van der Waals surface area contributed by atoms with Crippen LogP contribution in [0.5, 0.6) is 5.75 Å². The lowest BCUT2D eigenvalue weighted by molar-refractivity contribution is -0.142. The van der Waals surface area contributed by atoms with Crippen molar-refractivity contribution in [2.24, 2.45) is 0 Å². The van der Waals surface area contributed by atoms with Crippen LogP contribution in [0.3, 0.4) is 0 Å². The Bertz CT molecular complexity index is 442. The van der Waals surface area contributed by atoms with Crippen molar-refractivity contribution in [1.29, 1.82) is 0 Å². The molecule has 0 aliphatic carbocycles. The van der Waals surface area contributed by atoms with Gasteiger partial charge in [0.25, 0.3) is 0 Å². The molecule has 0 saturated heterocycles. The molecule has 0 aliphatic rings. The summed E-state index contributed by atoms with van der Waals surface area (Å²) in [7, 11) is 2.80. The summed E-state index contributed by atoms with van der Waals surface area (Å²) in [4.78, 5) is 11.0. The van der Waals surface area contributed by atoms with Crippen molar-refractivity contribution in [1.82, 2.24) is 0 Å². The van der Waals surface area contributed by atoms with E-state index in [1.807, 2.05) is 12.1 Å². The maximum absolute atomic E-state index is 11.0. The highest BCUT2D eigenvalue weighted by atomic mass is 35.5. The van der Waals surface area contributed by atoms with Crippen molar-refractivity contribution in [3.05, 3.63) is 34.9 Å². The number of aliphatic hydroxyl groups excluding tert-OH is 1. The summed E-state index contributed by atoms with van der Waals surface area (Å²) in [6, 6.07) is 7.23. The second-order valence-corrected chi connectivity index (χ2v) is 4.00. The van der Waals surface area contributed by atoms with E-state index in [0.29, 0.717) is 5.75 Å². The fourth-order valence-corrected chi connectivity index (χ4v) is 1.56. The summed E-state index contributed by atoms with van der Waals surface area (Å²) in [5.41, 5.74) is 0.730. The summed E-state index contributed by atoms with van der Waals surface area (Å²) >= 11 is 5.94. The number of rotatable bonds is 5. The summed E-state index contributed by atoms with van der Waals surface area (Å²) in [6.45, 7) is 0. The Labute approximate surface area is 111 Å². The second kappa shape index (κ2) is 7.03. The third-order valence-electron chi connectivity index (χ3n) is 2.34. The molecule has 1 aromatic carbocycles. The van der Waals surface area contributed by atoms with Gasteiger partial charge in [0.15, 0.2) is 0 Å². The van der Waals surface area contributed by atoms with E-state index < -0.39 is 12.1 Å². The highest BCUT2D eigenvalue weighted by Crippen LogP contribution is 2.23. The third kappa shape index (κ3) is 4.05. The lowest BCUT2D eigenvalue weighted by atomic mass is 10.1. The molecule has 0 heterocycles. The molecule has 0 spiro atoms. The van der Waals surface area contributed by atoms with E-state index >= 15 is 0 Å². The van der Waals surface area contributed by atoms with Gasteiger partial charge < -0.3 is 14.6 Å². The molecule has 0 aliphatic heterocycles. The number of esters is 1. The Morgan fingerprint density at radius 3 is 2.72 bits per heavy atom. The van der Waals surface area contributed by atoms with E-state index in [4.69, 9.17) is 16.3 Å². The molecule has 0 aromatic heterocycles. The minimum Gasteiger partial charge on any atom is -0.496 e. The molecule has 1 N–H and O–H groups in total. The third-order valence-corrected chi connectivity index (χ3v) is 2.70. The zero-order valence-electron chi connectivity index (χ0n) is 10.2. The molecule has 0 fully saturated rings. The molecule has 1 aromatic rings. The summed E-state index contributed by atoms with van der Waals surface area (Å²) < 4.78 is 9.61. The summed E-state index contributed by atoms with van der Waals surface area (Å²) in [6.07, 6.45) is 0.304. The van der Waals surface area contributed by atoms with Crippen LogP contribution in [0.4, 0.5) is 0 Å². The quantitative estimate of drug-likeness (QED) is 0.834. The average Bonchev–Trinajstić information content (AvgIpc) is 2.39. The van der Waals surface area contributed by atoms with Gasteiger partial charge in [-0.3, -0.25) is 4.79 Å². The maximum Gasteiger partial charge on any atom is 0.308 e. The smallest absolute Gasteiger partial charge is 0.308 e. The first kappa shape index (κ1) is 14.5. The first-order chi connectivity index (χ1) is 8.58. The van der Waals surface area contributed by atoms with Crippen LogP contribution in [0.25, 0.3) is 6.08 Å². The number of halogens is 1. The molecule has 1 rings (SSSR count). The molecule has 0 radical (unpaired) electrons. The van der Waals surface area contributed by atoms with Gasteiger partial charge in [-0.15, -0.1) is 0 Å². The molecule has 18 heavy (non-hydrogen) atoms. The fourth-order valence-electron chi connectivity index (χ4n) is 1.37. The Morgan fingerprint density at radius 1 is 1.44 bits per heavy atom. The van der Waals surface area contributed by atoms with E-state index in [-0.39, 0.29) is 11.5 Å². The number of ether oxygens (including phenoxy) is 2. The second-order valence-electron chi connectivity index (χ2n) is 3.57. The van der Waals surface area contributed by atoms with Gasteiger partial charge in [-0.1, -0.05) is 29.8 Å². The topological polar surface area (TPSA) is 55.8 Å². The molecule has 4 nitrogen and oxygen atoms in total. The molecule has 0 bridgehead atoms. The normalized spacial score (nSPS) is 13.0. The predicted molar refractivity (Wildman–Crippen MR) is 69.5 cm³/mol. The number of hydrogen-bond donors (Lipinski definition) is 1. The highest BCUT2D eigenvalue weighted by Gasteiger charge is 2.14. The van der Waals surface area contributed by atoms with Gasteiger partial charge in [-0.25, -0.2) is 0 Å². The van der Waals surface area contributed by atoms with E-state index in [9.17, 15) is 9.90 Å². The SMILES string of the molecule is COC(=O)C[C@@H](O)/C(Cl)=C/c1ccccc1OC. The van der Waals surface area contributed by atoms with Crippen molar-refractivity contribution < 1.29 is 19.4 Å². The Balaban J connectivity index is 2.84. The zero-order chi connectivity index (χ0) is 13.5. The minimum absolute atomic E-state index is 0.157. The van der Waals surface area contributed by atoms with Crippen molar-refractivity contribution >= 4 is 23.6 Å². The van der Waals surface area contributed by atoms with Gasteiger partial charge in [0.1, 0.15) is 11.9 Å². The summed E-state index contributed by atoms with van der Waals surface area (Å²) in [5, 5.41) is 9.86. The average molecular weight is 271 g/mol. The van der Waals surface area contributed by atoms with Gasteiger partial charge in [0.05, 0.1) is 20.6 Å². The molecular weight excluding hydrogens is 256 g/mol. The van der Waals surface area contributed by atoms with Crippen LogP contribution in [-0.2, 0) is 9.53 Å². The van der Waals surface area contributed by atoms with Crippen LogP contribution in [0.2, 0.25) is 0 Å². The van der Waals surface area contributed by atoms with E-state index in [0.717, 1.165) is 5.56 Å². The Kier molecular flexibility index (Phi) is 5.68. The minimum atomic E-state index is -1.08. The standard InChI is InChI=1S/C13H15ClO4/c1-17-12-6-4-3-5-9(12)7-10(14)11(15)8-13(16)18-2/h3-7,11,15H,8H2,1-2H3/b10-7-/t11-/m1/s1. The van der Waals surface area contributed by atoms with Gasteiger partial charge in [0, 0.05) is 10.6 Å². The van der Waals surface area contributed by atoms with E-state index in [1.165, 1.54) is 7.11 Å². The van der Waals surface area contributed by atoms with Crippen molar-refractivity contribution in [2.45, 2.75) is 12.5 Å². The Hall–Kier alpha value is -1.52. The van der Waals surface area contributed by atoms with Crippen LogP contribution in [0.1, 0.15) is 12.0 Å². The zero-order valence-corrected chi connectivity index (χ0v) is 11.0. The largest absolute Gasteiger partial charge is 0.496 e.